The maximum Gasteiger partial charge on any atom is 0.244 e. The quantitative estimate of drug-likeness (QED) is 0.765. The number of nitrogens with zero attached hydrogens (tertiary/aromatic N) is 1. The van der Waals surface area contributed by atoms with Crippen molar-refractivity contribution in [3.05, 3.63) is 11.9 Å². The van der Waals surface area contributed by atoms with Crippen LogP contribution >= 0.6 is 0 Å². The molecule has 6 nitrogen and oxygen atoms in total. The molecule has 2 rings (SSSR count). The van der Waals surface area contributed by atoms with Crippen LogP contribution < -0.4 is 10.5 Å². The Morgan fingerprint density at radius 3 is 2.84 bits per heavy atom. The van der Waals surface area contributed by atoms with Crippen molar-refractivity contribution in [3.63, 3.8) is 0 Å². The lowest BCUT2D eigenvalue weighted by atomic mass is 9.74. The lowest BCUT2D eigenvalue weighted by molar-refractivity contribution is 0.191. The predicted octanol–water partition coefficient (Wildman–Crippen LogP) is 0.904. The molecule has 1 aliphatic rings. The Bertz CT molecular complexity index is 540. The molecule has 0 saturated heterocycles. The highest BCUT2D eigenvalue weighted by Crippen LogP contribution is 2.34. The maximum atomic E-state index is 12.5. The van der Waals surface area contributed by atoms with E-state index in [1.54, 1.807) is 6.92 Å². The van der Waals surface area contributed by atoms with Gasteiger partial charge in [0.15, 0.2) is 0 Å². The van der Waals surface area contributed by atoms with Gasteiger partial charge in [0.05, 0.1) is 11.9 Å². The summed E-state index contributed by atoms with van der Waals surface area (Å²) in [6.45, 7) is 4.09. The van der Waals surface area contributed by atoms with Crippen molar-refractivity contribution in [2.24, 2.45) is 11.7 Å². The van der Waals surface area contributed by atoms with Crippen LogP contribution in [0.15, 0.2) is 11.1 Å². The van der Waals surface area contributed by atoms with E-state index >= 15 is 0 Å². The van der Waals surface area contributed by atoms with Crippen molar-refractivity contribution < 1.29 is 8.42 Å². The first-order valence-corrected chi connectivity index (χ1v) is 8.13. The van der Waals surface area contributed by atoms with Gasteiger partial charge in [-0.25, -0.2) is 13.1 Å². The molecule has 2 atom stereocenters. The van der Waals surface area contributed by atoms with Crippen LogP contribution in [-0.4, -0.2) is 30.7 Å². The highest BCUT2D eigenvalue weighted by atomic mass is 32.2. The number of sulfonamides is 1. The summed E-state index contributed by atoms with van der Waals surface area (Å²) in [4.78, 5) is 0.207. The van der Waals surface area contributed by atoms with Gasteiger partial charge in [0.1, 0.15) is 4.90 Å². The molecular weight excluding hydrogens is 264 g/mol. The topological polar surface area (TPSA) is 101 Å². The van der Waals surface area contributed by atoms with Gasteiger partial charge in [0.25, 0.3) is 0 Å². The zero-order valence-corrected chi connectivity index (χ0v) is 12.3. The fraction of sp³-hybridized carbons (Fsp3) is 0.750. The van der Waals surface area contributed by atoms with E-state index in [-0.39, 0.29) is 10.8 Å². The monoisotopic (exact) mass is 286 g/mol. The van der Waals surface area contributed by atoms with Crippen molar-refractivity contribution in [2.45, 2.75) is 50.0 Å². The molecule has 1 aromatic rings. The third kappa shape index (κ3) is 2.68. The molecule has 1 aliphatic carbocycles. The van der Waals surface area contributed by atoms with Gasteiger partial charge in [-0.1, -0.05) is 19.8 Å². The molecule has 0 aliphatic heterocycles. The maximum absolute atomic E-state index is 12.5. The molecule has 1 aromatic heterocycles. The minimum Gasteiger partial charge on any atom is -0.329 e. The second kappa shape index (κ2) is 5.22. The molecule has 108 valence electrons. The van der Waals surface area contributed by atoms with Crippen molar-refractivity contribution in [1.82, 2.24) is 14.9 Å². The number of H-pyrrole nitrogens is 1. The summed E-state index contributed by atoms with van der Waals surface area (Å²) in [5, 5.41) is 6.43. The van der Waals surface area contributed by atoms with E-state index in [9.17, 15) is 8.42 Å². The van der Waals surface area contributed by atoms with Gasteiger partial charge in [0.2, 0.25) is 10.0 Å². The second-order valence-corrected chi connectivity index (χ2v) is 7.12. The number of nitrogens with one attached hydrogen (secondary N) is 2. The van der Waals surface area contributed by atoms with E-state index in [0.717, 1.165) is 25.7 Å². The average molecular weight is 286 g/mol. The van der Waals surface area contributed by atoms with Crippen molar-refractivity contribution in [1.29, 1.82) is 0 Å². The SMILES string of the molecule is Cc1[nH]ncc1S(=O)(=O)NC1(CN)CCCCC1C. The van der Waals surface area contributed by atoms with E-state index in [1.807, 2.05) is 0 Å². The smallest absolute Gasteiger partial charge is 0.244 e. The predicted molar refractivity (Wildman–Crippen MR) is 73.1 cm³/mol. The summed E-state index contributed by atoms with van der Waals surface area (Å²) in [6.07, 6.45) is 5.28. The summed E-state index contributed by atoms with van der Waals surface area (Å²) in [5.74, 6) is 0.244. The molecule has 1 saturated carbocycles. The Balaban J connectivity index is 2.30. The second-order valence-electron chi connectivity index (χ2n) is 5.47. The van der Waals surface area contributed by atoms with Crippen molar-refractivity contribution >= 4 is 10.0 Å². The number of aryl methyl sites for hydroxylation is 1. The van der Waals surface area contributed by atoms with Crippen LogP contribution in [0.3, 0.4) is 0 Å². The van der Waals surface area contributed by atoms with Gasteiger partial charge in [-0.2, -0.15) is 5.10 Å². The van der Waals surface area contributed by atoms with Gasteiger partial charge >= 0.3 is 0 Å². The first-order valence-electron chi connectivity index (χ1n) is 6.65. The van der Waals surface area contributed by atoms with Gasteiger partial charge in [-0.05, 0) is 25.7 Å². The molecule has 19 heavy (non-hydrogen) atoms. The van der Waals surface area contributed by atoms with Crippen LogP contribution in [0.5, 0.6) is 0 Å². The number of nitrogens with two attached hydrogens (primary N) is 1. The van der Waals surface area contributed by atoms with Crippen molar-refractivity contribution in [3.8, 4) is 0 Å². The van der Waals surface area contributed by atoms with Crippen molar-refractivity contribution in [2.75, 3.05) is 6.54 Å². The fourth-order valence-electron chi connectivity index (χ4n) is 2.84. The molecular formula is C12H22N4O2S. The first-order chi connectivity index (χ1) is 8.91. The average Bonchev–Trinajstić information content (AvgIpc) is 2.79. The van der Waals surface area contributed by atoms with E-state index in [1.165, 1.54) is 6.20 Å². The standard InChI is InChI=1S/C12H22N4O2S/c1-9-5-3-4-6-12(9,8-13)16-19(17,18)11-7-14-15-10(11)2/h7,9,16H,3-6,8,13H2,1-2H3,(H,14,15). The largest absolute Gasteiger partial charge is 0.329 e. The van der Waals surface area contributed by atoms with Crippen LogP contribution in [0.25, 0.3) is 0 Å². The summed E-state index contributed by atoms with van der Waals surface area (Å²) >= 11 is 0. The summed E-state index contributed by atoms with van der Waals surface area (Å²) < 4.78 is 27.8. The first kappa shape index (κ1) is 14.5. The Labute approximate surface area is 114 Å². The fourth-order valence-corrected chi connectivity index (χ4v) is 4.52. The van der Waals surface area contributed by atoms with Crippen LogP contribution in [0.1, 0.15) is 38.3 Å². The van der Waals surface area contributed by atoms with E-state index in [4.69, 9.17) is 5.73 Å². The third-order valence-corrected chi connectivity index (χ3v) is 5.89. The van der Waals surface area contributed by atoms with E-state index < -0.39 is 15.6 Å². The zero-order chi connectivity index (χ0) is 14.1. The molecule has 7 heteroatoms. The molecule has 4 N–H and O–H groups in total. The van der Waals surface area contributed by atoms with Crippen LogP contribution in [0.4, 0.5) is 0 Å². The Kier molecular flexibility index (Phi) is 3.98. The molecule has 1 heterocycles. The Morgan fingerprint density at radius 1 is 1.58 bits per heavy atom. The highest BCUT2D eigenvalue weighted by molar-refractivity contribution is 7.89. The number of hydrogen-bond acceptors (Lipinski definition) is 4. The van der Waals surface area contributed by atoms with Gasteiger partial charge in [-0.15, -0.1) is 0 Å². The van der Waals surface area contributed by atoms with Crippen LogP contribution in [0.2, 0.25) is 0 Å². The summed E-state index contributed by atoms with van der Waals surface area (Å²) in [5.41, 5.74) is 5.89. The minimum absolute atomic E-state index is 0.207. The molecule has 1 fully saturated rings. The minimum atomic E-state index is -3.57. The summed E-state index contributed by atoms with van der Waals surface area (Å²) in [6, 6.07) is 0. The van der Waals surface area contributed by atoms with Gasteiger partial charge in [0, 0.05) is 12.1 Å². The molecule has 0 radical (unpaired) electrons. The zero-order valence-electron chi connectivity index (χ0n) is 11.4. The van der Waals surface area contributed by atoms with Crippen LogP contribution in [-0.2, 0) is 10.0 Å². The normalized spacial score (nSPS) is 28.5. The number of aromatic nitrogens is 2. The number of rotatable bonds is 4. The molecule has 0 bridgehead atoms. The molecule has 2 unspecified atom stereocenters. The molecule has 0 amide bonds. The van der Waals surface area contributed by atoms with E-state index in [2.05, 4.69) is 21.8 Å². The molecule has 0 aromatic carbocycles. The third-order valence-electron chi connectivity index (χ3n) is 4.23. The Hall–Kier alpha value is -0.920. The Morgan fingerprint density at radius 2 is 2.32 bits per heavy atom. The summed E-state index contributed by atoms with van der Waals surface area (Å²) in [7, 11) is -3.57. The van der Waals surface area contributed by atoms with E-state index in [0.29, 0.717) is 12.2 Å². The van der Waals surface area contributed by atoms with Gasteiger partial charge in [-0.3, -0.25) is 5.10 Å². The van der Waals surface area contributed by atoms with Crippen LogP contribution in [0, 0.1) is 12.8 Å². The highest BCUT2D eigenvalue weighted by Gasteiger charge is 2.41. The molecule has 0 spiro atoms. The number of aromatic amines is 1. The van der Waals surface area contributed by atoms with Gasteiger partial charge < -0.3 is 5.73 Å². The lowest BCUT2D eigenvalue weighted by Crippen LogP contribution is -2.58. The lowest BCUT2D eigenvalue weighted by Gasteiger charge is -2.42. The number of hydrogen-bond donors (Lipinski definition) is 3.